The summed E-state index contributed by atoms with van der Waals surface area (Å²) in [6.45, 7) is 0. The number of Topliss-reactive ketones (excluding diaryl/α,β-unsaturated/α-hetero) is 1. The predicted octanol–water partition coefficient (Wildman–Crippen LogP) is 5.16. The van der Waals surface area contributed by atoms with Crippen LogP contribution in [0.4, 0.5) is 5.69 Å². The van der Waals surface area contributed by atoms with E-state index in [4.69, 9.17) is 28.9 Å². The number of thiazole rings is 1. The third-order valence-electron chi connectivity index (χ3n) is 2.95. The molecular formula is C15H10Cl2N2OS2. The van der Waals surface area contributed by atoms with Gasteiger partial charge in [-0.2, -0.15) is 0 Å². The molecule has 0 atom stereocenters. The van der Waals surface area contributed by atoms with Crippen molar-refractivity contribution in [1.82, 2.24) is 4.98 Å². The number of carbonyl (C=O) groups is 1. The molecule has 0 radical (unpaired) electrons. The van der Waals surface area contributed by atoms with Crippen molar-refractivity contribution in [2.45, 2.75) is 4.34 Å². The topological polar surface area (TPSA) is 56.0 Å². The van der Waals surface area contributed by atoms with Crippen molar-refractivity contribution >= 4 is 68.0 Å². The van der Waals surface area contributed by atoms with Crippen LogP contribution in [0.25, 0.3) is 10.2 Å². The van der Waals surface area contributed by atoms with Gasteiger partial charge in [0.1, 0.15) is 0 Å². The van der Waals surface area contributed by atoms with Gasteiger partial charge < -0.3 is 5.73 Å². The molecule has 0 spiro atoms. The van der Waals surface area contributed by atoms with E-state index < -0.39 is 0 Å². The summed E-state index contributed by atoms with van der Waals surface area (Å²) in [6.07, 6.45) is 0. The number of fused-ring (bicyclic) bond motifs is 1. The van der Waals surface area contributed by atoms with Crippen LogP contribution in [0.1, 0.15) is 10.4 Å². The molecule has 3 aromatic rings. The van der Waals surface area contributed by atoms with Crippen molar-refractivity contribution < 1.29 is 4.79 Å². The first-order valence-corrected chi connectivity index (χ1v) is 8.86. The molecule has 0 aliphatic rings. The van der Waals surface area contributed by atoms with Crippen LogP contribution in [0.15, 0.2) is 40.7 Å². The van der Waals surface area contributed by atoms with Crippen molar-refractivity contribution in [2.24, 2.45) is 0 Å². The van der Waals surface area contributed by atoms with Crippen LogP contribution in [0.5, 0.6) is 0 Å². The van der Waals surface area contributed by atoms with E-state index >= 15 is 0 Å². The van der Waals surface area contributed by atoms with Crippen LogP contribution in [-0.4, -0.2) is 16.5 Å². The van der Waals surface area contributed by atoms with Crippen LogP contribution >= 0.6 is 46.3 Å². The number of nitrogens with two attached hydrogens (primary N) is 1. The molecule has 0 bridgehead atoms. The average Bonchev–Trinajstić information content (AvgIpc) is 2.86. The Kier molecular flexibility index (Phi) is 4.59. The lowest BCUT2D eigenvalue weighted by molar-refractivity contribution is 0.102. The number of thioether (sulfide) groups is 1. The highest BCUT2D eigenvalue weighted by atomic mass is 35.5. The van der Waals surface area contributed by atoms with E-state index in [-0.39, 0.29) is 11.5 Å². The molecule has 112 valence electrons. The van der Waals surface area contributed by atoms with Crippen LogP contribution in [-0.2, 0) is 0 Å². The number of ketones is 1. The molecular weight excluding hydrogens is 359 g/mol. The highest BCUT2D eigenvalue weighted by Gasteiger charge is 2.13. The van der Waals surface area contributed by atoms with E-state index in [9.17, 15) is 4.79 Å². The summed E-state index contributed by atoms with van der Waals surface area (Å²) < 4.78 is 1.85. The molecule has 0 saturated heterocycles. The van der Waals surface area contributed by atoms with Crippen molar-refractivity contribution in [1.29, 1.82) is 0 Å². The zero-order valence-electron chi connectivity index (χ0n) is 11.2. The lowest BCUT2D eigenvalue weighted by Gasteiger charge is -2.02. The van der Waals surface area contributed by atoms with Crippen molar-refractivity contribution in [2.75, 3.05) is 11.5 Å². The summed E-state index contributed by atoms with van der Waals surface area (Å²) in [5.74, 6) is 0.224. The van der Waals surface area contributed by atoms with Gasteiger partial charge in [-0.15, -0.1) is 11.3 Å². The minimum Gasteiger partial charge on any atom is -0.399 e. The Morgan fingerprint density at radius 2 is 2.05 bits per heavy atom. The molecule has 0 saturated carbocycles. The standard InChI is InChI=1S/C15H10Cl2N2OS2/c16-8-1-3-10(11(17)5-8)13(20)7-21-15-19-12-4-2-9(18)6-14(12)22-15/h1-6H,7,18H2. The van der Waals surface area contributed by atoms with Crippen molar-refractivity contribution in [3.8, 4) is 0 Å². The summed E-state index contributed by atoms with van der Waals surface area (Å²) >= 11 is 14.8. The van der Waals surface area contributed by atoms with Gasteiger partial charge in [0, 0.05) is 16.3 Å². The number of rotatable bonds is 4. The smallest absolute Gasteiger partial charge is 0.174 e. The first kappa shape index (κ1) is 15.6. The normalized spacial score (nSPS) is 11.0. The molecule has 1 aromatic heterocycles. The third-order valence-corrected chi connectivity index (χ3v) is 5.66. The fourth-order valence-electron chi connectivity index (χ4n) is 1.90. The molecule has 0 aliphatic heterocycles. The third kappa shape index (κ3) is 3.38. The second-order valence-corrected chi connectivity index (χ2v) is 7.64. The maximum Gasteiger partial charge on any atom is 0.174 e. The van der Waals surface area contributed by atoms with Gasteiger partial charge in [-0.25, -0.2) is 4.98 Å². The number of nitrogens with zero attached hydrogens (tertiary/aromatic N) is 1. The van der Waals surface area contributed by atoms with Gasteiger partial charge >= 0.3 is 0 Å². The lowest BCUT2D eigenvalue weighted by Crippen LogP contribution is -2.03. The second-order valence-electron chi connectivity index (χ2n) is 4.54. The van der Waals surface area contributed by atoms with Crippen LogP contribution in [0.3, 0.4) is 0 Å². The molecule has 0 fully saturated rings. The maximum absolute atomic E-state index is 12.2. The van der Waals surface area contributed by atoms with Gasteiger partial charge in [-0.3, -0.25) is 4.79 Å². The maximum atomic E-state index is 12.2. The molecule has 3 nitrogen and oxygen atoms in total. The van der Waals surface area contributed by atoms with Gasteiger partial charge in [-0.1, -0.05) is 35.0 Å². The van der Waals surface area contributed by atoms with Gasteiger partial charge in [0.2, 0.25) is 0 Å². The Balaban J connectivity index is 1.74. The van der Waals surface area contributed by atoms with Crippen LogP contribution < -0.4 is 5.73 Å². The Labute approximate surface area is 145 Å². The van der Waals surface area contributed by atoms with Gasteiger partial charge in [0.05, 0.1) is 21.0 Å². The Hall–Kier alpha value is -1.27. The SMILES string of the molecule is Nc1ccc2nc(SCC(=O)c3ccc(Cl)cc3Cl)sc2c1. The zero-order chi connectivity index (χ0) is 15.7. The van der Waals surface area contributed by atoms with E-state index in [1.165, 1.54) is 23.1 Å². The number of hydrogen-bond acceptors (Lipinski definition) is 5. The first-order valence-electron chi connectivity index (χ1n) is 6.30. The molecule has 3 rings (SSSR count). The molecule has 0 aliphatic carbocycles. The van der Waals surface area contributed by atoms with E-state index in [2.05, 4.69) is 4.98 Å². The number of nitrogen functional groups attached to an aromatic ring is 1. The fourth-order valence-corrected chi connectivity index (χ4v) is 4.42. The average molecular weight is 369 g/mol. The number of anilines is 1. The number of carbonyl (C=O) groups excluding carboxylic acids is 1. The number of hydrogen-bond donors (Lipinski definition) is 1. The first-order chi connectivity index (χ1) is 10.5. The Morgan fingerprint density at radius 1 is 1.23 bits per heavy atom. The van der Waals surface area contributed by atoms with E-state index in [1.807, 2.05) is 18.2 Å². The summed E-state index contributed by atoms with van der Waals surface area (Å²) in [4.78, 5) is 16.7. The summed E-state index contributed by atoms with van der Waals surface area (Å²) in [5, 5.41) is 0.883. The monoisotopic (exact) mass is 368 g/mol. The number of benzene rings is 2. The van der Waals surface area contributed by atoms with E-state index in [0.29, 0.717) is 21.3 Å². The second kappa shape index (κ2) is 6.46. The summed E-state index contributed by atoms with van der Waals surface area (Å²) in [6, 6.07) is 10.5. The van der Waals surface area contributed by atoms with Crippen LogP contribution in [0, 0.1) is 0 Å². The lowest BCUT2D eigenvalue weighted by atomic mass is 10.1. The van der Waals surface area contributed by atoms with Crippen LogP contribution in [0.2, 0.25) is 10.0 Å². The molecule has 2 aromatic carbocycles. The van der Waals surface area contributed by atoms with Gasteiger partial charge in [-0.05, 0) is 36.4 Å². The number of aromatic nitrogens is 1. The minimum atomic E-state index is -0.0505. The van der Waals surface area contributed by atoms with Crippen molar-refractivity contribution in [3.63, 3.8) is 0 Å². The highest BCUT2D eigenvalue weighted by molar-refractivity contribution is 8.01. The molecule has 0 amide bonds. The quantitative estimate of drug-likeness (QED) is 0.392. The van der Waals surface area contributed by atoms with Gasteiger partial charge in [0.15, 0.2) is 10.1 Å². The molecule has 7 heteroatoms. The highest BCUT2D eigenvalue weighted by Crippen LogP contribution is 2.31. The minimum absolute atomic E-state index is 0.0505. The molecule has 0 unspecified atom stereocenters. The Bertz CT molecular complexity index is 864. The number of halogens is 2. The fraction of sp³-hybridized carbons (Fsp3) is 0.0667. The van der Waals surface area contributed by atoms with E-state index in [0.717, 1.165) is 14.6 Å². The largest absolute Gasteiger partial charge is 0.399 e. The summed E-state index contributed by atoms with van der Waals surface area (Å²) in [5.41, 5.74) is 7.82. The molecule has 2 N–H and O–H groups in total. The van der Waals surface area contributed by atoms with Gasteiger partial charge in [0.25, 0.3) is 0 Å². The van der Waals surface area contributed by atoms with Crippen molar-refractivity contribution in [3.05, 3.63) is 52.0 Å². The summed E-state index contributed by atoms with van der Waals surface area (Å²) in [7, 11) is 0. The Morgan fingerprint density at radius 3 is 2.82 bits per heavy atom. The van der Waals surface area contributed by atoms with E-state index in [1.54, 1.807) is 18.2 Å². The zero-order valence-corrected chi connectivity index (χ0v) is 14.3. The molecule has 1 heterocycles. The predicted molar refractivity (Wildman–Crippen MR) is 95.5 cm³/mol. The molecule has 22 heavy (non-hydrogen) atoms.